The molecule has 2 nitrogen and oxygen atoms in total. The van der Waals surface area contributed by atoms with Crippen LogP contribution >= 0.6 is 11.6 Å². The van der Waals surface area contributed by atoms with E-state index in [2.05, 4.69) is 35.2 Å². The fourth-order valence-electron chi connectivity index (χ4n) is 3.54. The van der Waals surface area contributed by atoms with Crippen LogP contribution in [0.15, 0.2) is 90.5 Å². The highest BCUT2D eigenvalue weighted by Gasteiger charge is 2.34. The lowest BCUT2D eigenvalue weighted by molar-refractivity contribution is 0.742. The van der Waals surface area contributed by atoms with Crippen LogP contribution in [0.1, 0.15) is 23.6 Å². The molecule has 1 heterocycles. The first kappa shape index (κ1) is 16.4. The summed E-state index contributed by atoms with van der Waals surface area (Å²) in [5.41, 5.74) is 5.06. The van der Waals surface area contributed by atoms with Crippen molar-refractivity contribution in [3.63, 3.8) is 0 Å². The molecule has 1 aliphatic rings. The predicted molar refractivity (Wildman–Crippen MR) is 107 cm³/mol. The SMILES string of the molecule is N#CC1=C(c2ccccc2)N(c2ccc(Cl)cc2)C(c2ccccc2)C1. The van der Waals surface area contributed by atoms with Gasteiger partial charge in [0.15, 0.2) is 0 Å². The Morgan fingerprint density at radius 2 is 1.46 bits per heavy atom. The van der Waals surface area contributed by atoms with Gasteiger partial charge in [0.1, 0.15) is 0 Å². The Morgan fingerprint density at radius 3 is 2.08 bits per heavy atom. The van der Waals surface area contributed by atoms with Crippen LogP contribution in [-0.2, 0) is 0 Å². The standard InChI is InChI=1S/C23H17ClN2/c24-20-11-13-21(14-12-20)26-22(17-7-3-1-4-8-17)15-19(16-25)23(26)18-9-5-2-6-10-18/h1-14,22H,15H2. The molecule has 0 bridgehead atoms. The van der Waals surface area contributed by atoms with E-state index in [4.69, 9.17) is 11.6 Å². The van der Waals surface area contributed by atoms with Gasteiger partial charge in [-0.3, -0.25) is 0 Å². The van der Waals surface area contributed by atoms with Gasteiger partial charge in [0.2, 0.25) is 0 Å². The van der Waals surface area contributed by atoms with E-state index in [1.54, 1.807) is 0 Å². The summed E-state index contributed by atoms with van der Waals surface area (Å²) >= 11 is 6.10. The van der Waals surface area contributed by atoms with Crippen molar-refractivity contribution < 1.29 is 0 Å². The van der Waals surface area contributed by atoms with Crippen LogP contribution in [0.4, 0.5) is 5.69 Å². The molecule has 26 heavy (non-hydrogen) atoms. The molecule has 0 amide bonds. The third-order valence-corrected chi connectivity index (χ3v) is 4.96. The molecular formula is C23H17ClN2. The van der Waals surface area contributed by atoms with E-state index in [1.165, 1.54) is 5.56 Å². The van der Waals surface area contributed by atoms with E-state index in [0.717, 1.165) is 22.5 Å². The third kappa shape index (κ3) is 2.98. The van der Waals surface area contributed by atoms with Gasteiger partial charge in [-0.15, -0.1) is 0 Å². The first-order chi connectivity index (χ1) is 12.8. The number of anilines is 1. The Morgan fingerprint density at radius 1 is 0.846 bits per heavy atom. The third-order valence-electron chi connectivity index (χ3n) is 4.71. The lowest BCUT2D eigenvalue weighted by Gasteiger charge is -2.30. The summed E-state index contributed by atoms with van der Waals surface area (Å²) in [6.07, 6.45) is 0.688. The summed E-state index contributed by atoms with van der Waals surface area (Å²) in [7, 11) is 0. The average Bonchev–Trinajstić information content (AvgIpc) is 3.09. The van der Waals surface area contributed by atoms with Crippen LogP contribution in [-0.4, -0.2) is 0 Å². The highest BCUT2D eigenvalue weighted by atomic mass is 35.5. The molecule has 1 atom stereocenters. The number of nitriles is 1. The molecule has 0 spiro atoms. The van der Waals surface area contributed by atoms with Gasteiger partial charge in [-0.05, 0) is 35.4 Å². The molecule has 1 unspecified atom stereocenters. The van der Waals surface area contributed by atoms with Gasteiger partial charge in [-0.25, -0.2) is 0 Å². The van der Waals surface area contributed by atoms with Crippen LogP contribution in [0, 0.1) is 11.3 Å². The fraction of sp³-hybridized carbons (Fsp3) is 0.0870. The molecule has 0 saturated heterocycles. The Hall–Kier alpha value is -3.02. The van der Waals surface area contributed by atoms with Crippen LogP contribution in [0.3, 0.4) is 0 Å². The van der Waals surface area contributed by atoms with E-state index < -0.39 is 0 Å². The molecule has 0 aromatic heterocycles. The molecule has 0 radical (unpaired) electrons. The fourth-order valence-corrected chi connectivity index (χ4v) is 3.67. The van der Waals surface area contributed by atoms with Gasteiger partial charge in [-0.1, -0.05) is 72.3 Å². The van der Waals surface area contributed by atoms with E-state index in [9.17, 15) is 5.26 Å². The average molecular weight is 357 g/mol. The van der Waals surface area contributed by atoms with E-state index in [0.29, 0.717) is 11.4 Å². The van der Waals surface area contributed by atoms with E-state index in [-0.39, 0.29) is 6.04 Å². The van der Waals surface area contributed by atoms with Gasteiger partial charge in [0.25, 0.3) is 0 Å². The van der Waals surface area contributed by atoms with Crippen molar-refractivity contribution in [3.8, 4) is 6.07 Å². The molecule has 3 heteroatoms. The summed E-state index contributed by atoms with van der Waals surface area (Å²) in [6.45, 7) is 0. The zero-order valence-corrected chi connectivity index (χ0v) is 14.9. The number of benzene rings is 3. The molecule has 3 aromatic rings. The number of hydrogen-bond donors (Lipinski definition) is 0. The van der Waals surface area contributed by atoms with Crippen LogP contribution in [0.2, 0.25) is 5.02 Å². The first-order valence-electron chi connectivity index (χ1n) is 8.56. The Labute approximate surface area is 158 Å². The summed E-state index contributed by atoms with van der Waals surface area (Å²) in [4.78, 5) is 2.26. The van der Waals surface area contributed by atoms with Crippen LogP contribution in [0.25, 0.3) is 5.70 Å². The topological polar surface area (TPSA) is 27.0 Å². The molecule has 0 N–H and O–H groups in total. The minimum absolute atomic E-state index is 0.0854. The lowest BCUT2D eigenvalue weighted by Crippen LogP contribution is -2.22. The lowest BCUT2D eigenvalue weighted by atomic mass is 10.0. The largest absolute Gasteiger partial charge is 0.332 e. The van der Waals surface area contributed by atoms with Gasteiger partial charge < -0.3 is 4.90 Å². The Kier molecular flexibility index (Phi) is 4.48. The molecule has 0 saturated carbocycles. The number of hydrogen-bond acceptors (Lipinski definition) is 2. The predicted octanol–water partition coefficient (Wildman–Crippen LogP) is 6.23. The van der Waals surface area contributed by atoms with Crippen molar-refractivity contribution in [2.75, 3.05) is 4.90 Å². The molecule has 4 rings (SSSR count). The van der Waals surface area contributed by atoms with Crippen molar-refractivity contribution in [2.45, 2.75) is 12.5 Å². The highest BCUT2D eigenvalue weighted by molar-refractivity contribution is 6.30. The Balaban J connectivity index is 1.89. The van der Waals surface area contributed by atoms with Crippen LogP contribution < -0.4 is 4.90 Å². The second-order valence-corrected chi connectivity index (χ2v) is 6.72. The van der Waals surface area contributed by atoms with Crippen molar-refractivity contribution in [1.82, 2.24) is 0 Å². The normalized spacial score (nSPS) is 16.6. The second-order valence-electron chi connectivity index (χ2n) is 6.28. The van der Waals surface area contributed by atoms with Crippen molar-refractivity contribution >= 4 is 23.0 Å². The zero-order valence-electron chi connectivity index (χ0n) is 14.1. The smallest absolute Gasteiger partial charge is 0.0970 e. The maximum Gasteiger partial charge on any atom is 0.0970 e. The zero-order chi connectivity index (χ0) is 17.9. The van der Waals surface area contributed by atoms with Gasteiger partial charge in [0.05, 0.1) is 23.4 Å². The quantitative estimate of drug-likeness (QED) is 0.556. The number of halogens is 1. The highest BCUT2D eigenvalue weighted by Crippen LogP contribution is 2.46. The van der Waals surface area contributed by atoms with Gasteiger partial charge >= 0.3 is 0 Å². The molecule has 0 fully saturated rings. The first-order valence-corrected chi connectivity index (χ1v) is 8.94. The molecule has 3 aromatic carbocycles. The van der Waals surface area contributed by atoms with E-state index in [1.807, 2.05) is 60.7 Å². The molecular weight excluding hydrogens is 340 g/mol. The molecule has 1 aliphatic heterocycles. The van der Waals surface area contributed by atoms with Crippen molar-refractivity contribution in [2.24, 2.45) is 0 Å². The van der Waals surface area contributed by atoms with E-state index >= 15 is 0 Å². The second kappa shape index (κ2) is 7.07. The number of nitrogens with zero attached hydrogens (tertiary/aromatic N) is 2. The van der Waals surface area contributed by atoms with Crippen molar-refractivity contribution in [3.05, 3.63) is 107 Å². The summed E-state index contributed by atoms with van der Waals surface area (Å²) in [5, 5.41) is 10.5. The van der Waals surface area contributed by atoms with Crippen molar-refractivity contribution in [1.29, 1.82) is 5.26 Å². The van der Waals surface area contributed by atoms with Crippen LogP contribution in [0.5, 0.6) is 0 Å². The molecule has 0 aliphatic carbocycles. The summed E-state index contributed by atoms with van der Waals surface area (Å²) in [6, 6.07) is 30.8. The summed E-state index contributed by atoms with van der Waals surface area (Å²) in [5.74, 6) is 0. The number of rotatable bonds is 3. The minimum atomic E-state index is 0.0854. The monoisotopic (exact) mass is 356 g/mol. The van der Waals surface area contributed by atoms with Gasteiger partial charge in [-0.2, -0.15) is 5.26 Å². The summed E-state index contributed by atoms with van der Waals surface area (Å²) < 4.78 is 0. The maximum absolute atomic E-state index is 9.82. The molecule has 126 valence electrons. The maximum atomic E-state index is 9.82. The van der Waals surface area contributed by atoms with Gasteiger partial charge in [0, 0.05) is 17.1 Å². The minimum Gasteiger partial charge on any atom is -0.332 e. The Bertz CT molecular complexity index is 970.